The topological polar surface area (TPSA) is 36.7 Å². The first-order valence-electron chi connectivity index (χ1n) is 2.61. The molecule has 1 rings (SSSR count). The molecule has 0 aliphatic carbocycles. The minimum absolute atomic E-state index is 0.625. The average Bonchev–Trinajstić information content (AvgIpc) is 2.43. The van der Waals surface area contributed by atoms with Crippen molar-refractivity contribution in [3.63, 3.8) is 0 Å². The second kappa shape index (κ2) is 7.12. The maximum Gasteiger partial charge on any atom is 0.0791 e. The fourth-order valence-electron chi connectivity index (χ4n) is 0.176. The van der Waals surface area contributed by atoms with E-state index in [0.29, 0.717) is 6.42 Å². The highest BCUT2D eigenvalue weighted by molar-refractivity contribution is 7.07. The van der Waals surface area contributed by atoms with Gasteiger partial charge < -0.3 is 0 Å². The molecule has 0 bridgehead atoms. The zero-order valence-corrected chi connectivity index (χ0v) is 6.06. The molecule has 0 amide bonds. The molecule has 48 valence electrons. The van der Waals surface area contributed by atoms with Gasteiger partial charge in [-0.1, -0.05) is 6.92 Å². The van der Waals surface area contributed by atoms with E-state index in [1.807, 2.05) is 18.4 Å². The SMILES string of the molecule is CCC#N.c1cscn1. The molecule has 0 atom stereocenters. The van der Waals surface area contributed by atoms with Gasteiger partial charge >= 0.3 is 0 Å². The fraction of sp³-hybridized carbons (Fsp3) is 0.333. The lowest BCUT2D eigenvalue weighted by molar-refractivity contribution is 1.22. The Balaban J connectivity index is 0.000000148. The van der Waals surface area contributed by atoms with Gasteiger partial charge in [-0.05, 0) is 0 Å². The van der Waals surface area contributed by atoms with Crippen LogP contribution in [0.4, 0.5) is 0 Å². The molecule has 1 heterocycles. The summed E-state index contributed by atoms with van der Waals surface area (Å²) in [6, 6.07) is 1.93. The Morgan fingerprint density at radius 2 is 2.44 bits per heavy atom. The summed E-state index contributed by atoms with van der Waals surface area (Å²) in [6.45, 7) is 1.82. The summed E-state index contributed by atoms with van der Waals surface area (Å²) in [6.07, 6.45) is 2.39. The molecule has 0 saturated heterocycles. The zero-order chi connectivity index (χ0) is 6.95. The second-order valence-electron chi connectivity index (χ2n) is 1.19. The second-order valence-corrected chi connectivity index (χ2v) is 1.94. The number of nitrogens with zero attached hydrogens (tertiary/aromatic N) is 2. The molecular formula is C6H8N2S. The van der Waals surface area contributed by atoms with Gasteiger partial charge in [0, 0.05) is 18.0 Å². The van der Waals surface area contributed by atoms with Gasteiger partial charge in [0.1, 0.15) is 0 Å². The molecule has 3 heteroatoms. The third-order valence-corrected chi connectivity index (χ3v) is 1.03. The van der Waals surface area contributed by atoms with Crippen LogP contribution >= 0.6 is 11.3 Å². The Morgan fingerprint density at radius 1 is 1.78 bits per heavy atom. The minimum atomic E-state index is 0.625. The molecule has 0 unspecified atom stereocenters. The normalized spacial score (nSPS) is 6.67. The Labute approximate surface area is 58.8 Å². The predicted octanol–water partition coefficient (Wildman–Crippen LogP) is 2.06. The predicted molar refractivity (Wildman–Crippen MR) is 38.0 cm³/mol. The molecule has 1 aromatic heterocycles. The van der Waals surface area contributed by atoms with Gasteiger partial charge in [0.05, 0.1) is 11.6 Å². The molecule has 0 spiro atoms. The lowest BCUT2D eigenvalue weighted by Crippen LogP contribution is -1.38. The average molecular weight is 140 g/mol. The van der Waals surface area contributed by atoms with E-state index in [9.17, 15) is 0 Å². The van der Waals surface area contributed by atoms with E-state index in [4.69, 9.17) is 5.26 Å². The van der Waals surface area contributed by atoms with Crippen molar-refractivity contribution in [3.05, 3.63) is 17.1 Å². The molecule has 0 aliphatic rings. The largest absolute Gasteiger partial charge is 0.253 e. The van der Waals surface area contributed by atoms with Crippen molar-refractivity contribution in [2.24, 2.45) is 0 Å². The van der Waals surface area contributed by atoms with E-state index in [-0.39, 0.29) is 0 Å². The first kappa shape index (κ1) is 8.12. The monoisotopic (exact) mass is 140 g/mol. The van der Waals surface area contributed by atoms with Crippen LogP contribution < -0.4 is 0 Å². The quantitative estimate of drug-likeness (QED) is 0.553. The number of hydrogen-bond donors (Lipinski definition) is 0. The van der Waals surface area contributed by atoms with Crippen LogP contribution in [0, 0.1) is 11.3 Å². The van der Waals surface area contributed by atoms with E-state index in [2.05, 4.69) is 4.98 Å². The van der Waals surface area contributed by atoms with E-state index in [1.54, 1.807) is 23.0 Å². The van der Waals surface area contributed by atoms with Gasteiger partial charge in [0.25, 0.3) is 0 Å². The Morgan fingerprint density at radius 3 is 2.56 bits per heavy atom. The van der Waals surface area contributed by atoms with Gasteiger partial charge in [0.2, 0.25) is 0 Å². The van der Waals surface area contributed by atoms with E-state index in [0.717, 1.165) is 0 Å². The summed E-state index contributed by atoms with van der Waals surface area (Å²) in [4.78, 5) is 3.74. The molecular weight excluding hydrogens is 132 g/mol. The van der Waals surface area contributed by atoms with Crippen LogP contribution in [-0.2, 0) is 0 Å². The van der Waals surface area contributed by atoms with Gasteiger partial charge in [-0.25, -0.2) is 0 Å². The van der Waals surface area contributed by atoms with E-state index in [1.165, 1.54) is 0 Å². The van der Waals surface area contributed by atoms with Crippen LogP contribution in [0.25, 0.3) is 0 Å². The van der Waals surface area contributed by atoms with Crippen LogP contribution in [0.2, 0.25) is 0 Å². The molecule has 1 aromatic rings. The number of thiazole rings is 1. The standard InChI is InChI=1S/C3H3NS.C3H5N/c1-2-5-3-4-1;1-2-3-4/h1-3H;2H2,1H3. The summed E-state index contributed by atoms with van der Waals surface area (Å²) in [5.74, 6) is 0. The maximum absolute atomic E-state index is 7.62. The third-order valence-electron chi connectivity index (χ3n) is 0.505. The van der Waals surface area contributed by atoms with Crippen molar-refractivity contribution in [1.29, 1.82) is 5.26 Å². The molecule has 0 aliphatic heterocycles. The smallest absolute Gasteiger partial charge is 0.0791 e. The highest BCUT2D eigenvalue weighted by Gasteiger charge is 1.59. The van der Waals surface area contributed by atoms with Crippen molar-refractivity contribution in [2.45, 2.75) is 13.3 Å². The highest BCUT2D eigenvalue weighted by Crippen LogP contribution is 1.85. The van der Waals surface area contributed by atoms with Crippen LogP contribution in [0.1, 0.15) is 13.3 Å². The van der Waals surface area contributed by atoms with Crippen molar-refractivity contribution in [1.82, 2.24) is 4.98 Å². The summed E-state index contributed by atoms with van der Waals surface area (Å²) < 4.78 is 0. The van der Waals surface area contributed by atoms with Gasteiger partial charge in [-0.2, -0.15) is 5.26 Å². The van der Waals surface area contributed by atoms with Crippen molar-refractivity contribution >= 4 is 11.3 Å². The van der Waals surface area contributed by atoms with Crippen molar-refractivity contribution < 1.29 is 0 Å². The molecule has 0 aromatic carbocycles. The van der Waals surface area contributed by atoms with E-state index < -0.39 is 0 Å². The number of rotatable bonds is 0. The van der Waals surface area contributed by atoms with Crippen LogP contribution in [0.15, 0.2) is 17.1 Å². The summed E-state index contributed by atoms with van der Waals surface area (Å²) in [5.41, 5.74) is 1.79. The lowest BCUT2D eigenvalue weighted by Gasteiger charge is -1.47. The summed E-state index contributed by atoms with van der Waals surface area (Å²) in [7, 11) is 0. The van der Waals surface area contributed by atoms with Gasteiger partial charge in [-0.15, -0.1) is 11.3 Å². The number of hydrogen-bond acceptors (Lipinski definition) is 3. The van der Waals surface area contributed by atoms with Crippen LogP contribution in [0.5, 0.6) is 0 Å². The molecule has 2 nitrogen and oxygen atoms in total. The Bertz CT molecular complexity index is 135. The van der Waals surface area contributed by atoms with Crippen LogP contribution in [0.3, 0.4) is 0 Å². The first-order chi connectivity index (χ1) is 4.41. The molecule has 0 saturated carbocycles. The van der Waals surface area contributed by atoms with E-state index >= 15 is 0 Å². The Kier molecular flexibility index (Phi) is 6.42. The maximum atomic E-state index is 7.62. The summed E-state index contributed by atoms with van der Waals surface area (Å²) >= 11 is 1.60. The first-order valence-corrected chi connectivity index (χ1v) is 3.55. The highest BCUT2D eigenvalue weighted by atomic mass is 32.1. The Hall–Kier alpha value is -0.880. The fourth-order valence-corrected chi connectivity index (χ4v) is 0.527. The zero-order valence-electron chi connectivity index (χ0n) is 5.24. The van der Waals surface area contributed by atoms with Crippen LogP contribution in [-0.4, -0.2) is 4.98 Å². The molecule has 0 radical (unpaired) electrons. The van der Waals surface area contributed by atoms with Gasteiger partial charge in [0.15, 0.2) is 0 Å². The van der Waals surface area contributed by atoms with Crippen molar-refractivity contribution in [2.75, 3.05) is 0 Å². The third kappa shape index (κ3) is 7.12. The van der Waals surface area contributed by atoms with Crippen molar-refractivity contribution in [3.8, 4) is 6.07 Å². The number of aromatic nitrogens is 1. The van der Waals surface area contributed by atoms with Gasteiger partial charge in [-0.3, -0.25) is 4.98 Å². The lowest BCUT2D eigenvalue weighted by atomic mass is 10.6. The number of nitriles is 1. The summed E-state index contributed by atoms with van der Waals surface area (Å²) in [5, 5.41) is 9.56. The molecule has 0 fully saturated rings. The minimum Gasteiger partial charge on any atom is -0.253 e. The molecule has 9 heavy (non-hydrogen) atoms. The molecule has 0 N–H and O–H groups in total.